The zero-order valence-corrected chi connectivity index (χ0v) is 10.3. The van der Waals surface area contributed by atoms with Crippen LogP contribution in [-0.2, 0) is 9.47 Å². The Morgan fingerprint density at radius 2 is 1.94 bits per heavy atom. The molecule has 0 aliphatic rings. The number of methoxy groups -OCH3 is 1. The van der Waals surface area contributed by atoms with E-state index in [0.717, 1.165) is 0 Å². The Bertz CT molecular complexity index is 372. The van der Waals surface area contributed by atoms with Crippen molar-refractivity contribution in [3.05, 3.63) is 29.8 Å². The Hall–Kier alpha value is -1.61. The molecule has 1 N–H and O–H groups in total. The van der Waals surface area contributed by atoms with E-state index in [2.05, 4.69) is 0 Å². The van der Waals surface area contributed by atoms with Crippen LogP contribution >= 0.6 is 0 Å². The van der Waals surface area contributed by atoms with Gasteiger partial charge in [-0.2, -0.15) is 5.26 Å². The molecule has 0 aromatic heterocycles. The van der Waals surface area contributed by atoms with Gasteiger partial charge < -0.3 is 19.3 Å². The molecule has 1 unspecified atom stereocenters. The molecular weight excluding hydrogens is 234 g/mol. The van der Waals surface area contributed by atoms with Crippen LogP contribution in [0.3, 0.4) is 0 Å². The van der Waals surface area contributed by atoms with Crippen LogP contribution in [0.1, 0.15) is 5.56 Å². The predicted molar refractivity (Wildman–Crippen MR) is 65.4 cm³/mol. The molecule has 0 saturated carbocycles. The maximum Gasteiger partial charge on any atom is 0.119 e. The Kier molecular flexibility index (Phi) is 6.81. The summed E-state index contributed by atoms with van der Waals surface area (Å²) >= 11 is 0. The van der Waals surface area contributed by atoms with Gasteiger partial charge in [-0.15, -0.1) is 0 Å². The van der Waals surface area contributed by atoms with Crippen LogP contribution in [0.15, 0.2) is 24.3 Å². The van der Waals surface area contributed by atoms with Crippen molar-refractivity contribution < 1.29 is 19.3 Å². The van der Waals surface area contributed by atoms with Gasteiger partial charge in [0.15, 0.2) is 0 Å². The van der Waals surface area contributed by atoms with Gasteiger partial charge >= 0.3 is 0 Å². The van der Waals surface area contributed by atoms with Crippen molar-refractivity contribution in [1.29, 1.82) is 5.26 Å². The quantitative estimate of drug-likeness (QED) is 0.697. The molecule has 0 spiro atoms. The first-order valence-corrected chi connectivity index (χ1v) is 5.64. The van der Waals surface area contributed by atoms with E-state index in [-0.39, 0.29) is 13.2 Å². The molecule has 0 amide bonds. The predicted octanol–water partition coefficient (Wildman–Crippen LogP) is 0.961. The molecule has 1 rings (SSSR count). The summed E-state index contributed by atoms with van der Waals surface area (Å²) < 4.78 is 15.3. The number of hydrogen-bond donors (Lipinski definition) is 1. The normalized spacial score (nSPS) is 11.8. The lowest BCUT2D eigenvalue weighted by atomic mass is 10.2. The number of aliphatic hydroxyl groups excluding tert-OH is 1. The minimum Gasteiger partial charge on any atom is -0.491 e. The van der Waals surface area contributed by atoms with Crippen molar-refractivity contribution in [2.45, 2.75) is 6.10 Å². The van der Waals surface area contributed by atoms with Crippen molar-refractivity contribution in [3.8, 4) is 11.8 Å². The molecule has 1 atom stereocenters. The molecule has 0 aliphatic carbocycles. The maximum atomic E-state index is 9.57. The fourth-order valence-electron chi connectivity index (χ4n) is 1.23. The summed E-state index contributed by atoms with van der Waals surface area (Å²) in [5.41, 5.74) is 0.575. The molecule has 0 bridgehead atoms. The fourth-order valence-corrected chi connectivity index (χ4v) is 1.23. The van der Waals surface area contributed by atoms with Gasteiger partial charge in [-0.25, -0.2) is 0 Å². The fraction of sp³-hybridized carbons (Fsp3) is 0.462. The Morgan fingerprint density at radius 3 is 2.56 bits per heavy atom. The minimum absolute atomic E-state index is 0.152. The summed E-state index contributed by atoms with van der Waals surface area (Å²) in [6.07, 6.45) is -0.683. The van der Waals surface area contributed by atoms with Gasteiger partial charge in [-0.1, -0.05) is 0 Å². The molecular formula is C13H17NO4. The number of benzene rings is 1. The van der Waals surface area contributed by atoms with Crippen LogP contribution in [0.5, 0.6) is 5.75 Å². The lowest BCUT2D eigenvalue weighted by Gasteiger charge is -2.12. The van der Waals surface area contributed by atoms with Gasteiger partial charge in [0.2, 0.25) is 0 Å². The van der Waals surface area contributed by atoms with E-state index in [4.69, 9.17) is 19.5 Å². The third kappa shape index (κ3) is 5.64. The highest BCUT2D eigenvalue weighted by molar-refractivity contribution is 5.34. The van der Waals surface area contributed by atoms with E-state index in [1.165, 1.54) is 0 Å². The standard InChI is InChI=1S/C13H17NO4/c1-16-6-7-17-9-12(15)10-18-13-4-2-11(8-14)3-5-13/h2-5,12,15H,6-7,9-10H2,1H3. The van der Waals surface area contributed by atoms with Gasteiger partial charge in [0.1, 0.15) is 18.5 Å². The zero-order valence-electron chi connectivity index (χ0n) is 10.3. The molecule has 0 aliphatic heterocycles. The number of hydrogen-bond acceptors (Lipinski definition) is 5. The zero-order chi connectivity index (χ0) is 13.2. The first-order chi connectivity index (χ1) is 8.76. The Labute approximate surface area is 107 Å². The number of ether oxygens (including phenoxy) is 3. The van der Waals surface area contributed by atoms with Crippen molar-refractivity contribution >= 4 is 0 Å². The number of nitrogens with zero attached hydrogens (tertiary/aromatic N) is 1. The van der Waals surface area contributed by atoms with Crippen LogP contribution in [0.25, 0.3) is 0 Å². The van der Waals surface area contributed by atoms with Crippen LogP contribution < -0.4 is 4.74 Å². The molecule has 5 heteroatoms. The van der Waals surface area contributed by atoms with Gasteiger partial charge in [0.05, 0.1) is 31.5 Å². The number of aliphatic hydroxyl groups is 1. The largest absolute Gasteiger partial charge is 0.491 e. The Balaban J connectivity index is 2.21. The lowest BCUT2D eigenvalue weighted by Crippen LogP contribution is -2.24. The second-order valence-corrected chi connectivity index (χ2v) is 3.67. The molecule has 0 radical (unpaired) electrons. The third-order valence-electron chi connectivity index (χ3n) is 2.17. The summed E-state index contributed by atoms with van der Waals surface area (Å²) in [7, 11) is 1.59. The molecule has 0 heterocycles. The van der Waals surface area contributed by atoms with Crippen molar-refractivity contribution in [3.63, 3.8) is 0 Å². The SMILES string of the molecule is COCCOCC(O)COc1ccc(C#N)cc1. The molecule has 98 valence electrons. The van der Waals surface area contributed by atoms with Crippen molar-refractivity contribution in [1.82, 2.24) is 0 Å². The molecule has 5 nitrogen and oxygen atoms in total. The second-order valence-electron chi connectivity index (χ2n) is 3.67. The lowest BCUT2D eigenvalue weighted by molar-refractivity contribution is -0.00419. The van der Waals surface area contributed by atoms with Crippen molar-refractivity contribution in [2.75, 3.05) is 33.5 Å². The monoisotopic (exact) mass is 251 g/mol. The summed E-state index contributed by atoms with van der Waals surface area (Å²) in [4.78, 5) is 0. The summed E-state index contributed by atoms with van der Waals surface area (Å²) in [5.74, 6) is 0.616. The van der Waals surface area contributed by atoms with Gasteiger partial charge in [0.25, 0.3) is 0 Å². The molecule has 1 aromatic rings. The van der Waals surface area contributed by atoms with Crippen LogP contribution in [0, 0.1) is 11.3 Å². The van der Waals surface area contributed by atoms with Crippen molar-refractivity contribution in [2.24, 2.45) is 0 Å². The van der Waals surface area contributed by atoms with Gasteiger partial charge in [-0.3, -0.25) is 0 Å². The van der Waals surface area contributed by atoms with E-state index >= 15 is 0 Å². The maximum absolute atomic E-state index is 9.57. The first-order valence-electron chi connectivity index (χ1n) is 5.64. The van der Waals surface area contributed by atoms with Gasteiger partial charge in [0, 0.05) is 7.11 Å². The topological polar surface area (TPSA) is 71.7 Å². The molecule has 18 heavy (non-hydrogen) atoms. The summed E-state index contributed by atoms with van der Waals surface area (Å²) in [5, 5.41) is 18.2. The third-order valence-corrected chi connectivity index (χ3v) is 2.17. The van der Waals surface area contributed by atoms with E-state index in [0.29, 0.717) is 24.5 Å². The Morgan fingerprint density at radius 1 is 1.22 bits per heavy atom. The highest BCUT2D eigenvalue weighted by atomic mass is 16.5. The second kappa shape index (κ2) is 8.48. The molecule has 1 aromatic carbocycles. The van der Waals surface area contributed by atoms with E-state index in [1.54, 1.807) is 31.4 Å². The van der Waals surface area contributed by atoms with Crippen LogP contribution in [0.4, 0.5) is 0 Å². The average molecular weight is 251 g/mol. The van der Waals surface area contributed by atoms with Gasteiger partial charge in [-0.05, 0) is 24.3 Å². The van der Waals surface area contributed by atoms with E-state index in [1.807, 2.05) is 6.07 Å². The number of nitriles is 1. The first kappa shape index (κ1) is 14.5. The summed E-state index contributed by atoms with van der Waals surface area (Å²) in [6.45, 7) is 1.31. The van der Waals surface area contributed by atoms with Crippen LogP contribution in [-0.4, -0.2) is 44.7 Å². The minimum atomic E-state index is -0.683. The highest BCUT2D eigenvalue weighted by Crippen LogP contribution is 2.11. The smallest absolute Gasteiger partial charge is 0.119 e. The van der Waals surface area contributed by atoms with Crippen LogP contribution in [0.2, 0.25) is 0 Å². The van der Waals surface area contributed by atoms with E-state index in [9.17, 15) is 5.11 Å². The molecule has 0 fully saturated rings. The average Bonchev–Trinajstić information content (AvgIpc) is 2.42. The molecule has 0 saturated heterocycles. The summed E-state index contributed by atoms with van der Waals surface area (Å²) in [6, 6.07) is 8.73. The number of rotatable bonds is 8. The van der Waals surface area contributed by atoms with E-state index < -0.39 is 6.10 Å². The highest BCUT2D eigenvalue weighted by Gasteiger charge is 2.05.